The van der Waals surface area contributed by atoms with Crippen LogP contribution in [0.5, 0.6) is 0 Å². The molecule has 31 heavy (non-hydrogen) atoms. The molecule has 162 valence electrons. The molecule has 1 unspecified atom stereocenters. The number of ether oxygens (including phenoxy) is 1. The maximum absolute atomic E-state index is 12.8. The number of rotatable bonds is 5. The Hall–Kier alpha value is -1.97. The largest absolute Gasteiger partial charge is 0.465 e. The number of esters is 1. The van der Waals surface area contributed by atoms with Crippen molar-refractivity contribution in [2.45, 2.75) is 50.5 Å². The number of nitrogens with zero attached hydrogens (tertiary/aromatic N) is 2. The van der Waals surface area contributed by atoms with Crippen molar-refractivity contribution in [2.75, 3.05) is 18.2 Å². The Morgan fingerprint density at radius 2 is 2.06 bits per heavy atom. The molecule has 0 saturated heterocycles. The van der Waals surface area contributed by atoms with Gasteiger partial charge in [-0.05, 0) is 55.6 Å². The first-order valence-corrected chi connectivity index (χ1v) is 13.1. The van der Waals surface area contributed by atoms with Gasteiger partial charge in [0.1, 0.15) is 21.2 Å². The molecule has 3 heterocycles. The standard InChI is InChI=1S/C22H23N3O3S3/c1-11-6-7-13-15(8-11)31-21(18(13)22(27)28-2)25-16(26)9-29-19-17-12-4-3-5-14(12)30-20(17)24-10-23-19/h10-11H,3-9H2,1-2H3,(H,25,26). The van der Waals surface area contributed by atoms with Gasteiger partial charge in [0.05, 0.1) is 18.4 Å². The molecule has 3 aromatic heterocycles. The third kappa shape index (κ3) is 3.87. The number of aryl methyl sites for hydroxylation is 2. The molecule has 1 atom stereocenters. The third-order valence-electron chi connectivity index (χ3n) is 5.96. The van der Waals surface area contributed by atoms with E-state index in [-0.39, 0.29) is 17.6 Å². The monoisotopic (exact) mass is 473 g/mol. The first-order chi connectivity index (χ1) is 15.0. The third-order valence-corrected chi connectivity index (χ3v) is 9.32. The minimum Gasteiger partial charge on any atom is -0.465 e. The second-order valence-electron chi connectivity index (χ2n) is 8.10. The maximum atomic E-state index is 12.8. The van der Waals surface area contributed by atoms with Crippen LogP contribution < -0.4 is 5.32 Å². The zero-order valence-corrected chi connectivity index (χ0v) is 19.9. The van der Waals surface area contributed by atoms with E-state index in [4.69, 9.17) is 4.74 Å². The van der Waals surface area contributed by atoms with Gasteiger partial charge in [-0.3, -0.25) is 4.79 Å². The van der Waals surface area contributed by atoms with Crippen molar-refractivity contribution in [3.63, 3.8) is 0 Å². The van der Waals surface area contributed by atoms with Gasteiger partial charge in [-0.2, -0.15) is 0 Å². The van der Waals surface area contributed by atoms with E-state index in [1.165, 1.54) is 51.9 Å². The van der Waals surface area contributed by atoms with Gasteiger partial charge in [0, 0.05) is 15.1 Å². The number of anilines is 1. The molecule has 1 amide bonds. The van der Waals surface area contributed by atoms with Crippen LogP contribution in [0.15, 0.2) is 11.4 Å². The number of carbonyl (C=O) groups is 2. The van der Waals surface area contributed by atoms with E-state index in [9.17, 15) is 9.59 Å². The van der Waals surface area contributed by atoms with Gasteiger partial charge in [0.25, 0.3) is 0 Å². The summed E-state index contributed by atoms with van der Waals surface area (Å²) in [7, 11) is 1.39. The van der Waals surface area contributed by atoms with Crippen molar-refractivity contribution in [2.24, 2.45) is 5.92 Å². The summed E-state index contributed by atoms with van der Waals surface area (Å²) in [6.07, 6.45) is 7.77. The van der Waals surface area contributed by atoms with Crippen molar-refractivity contribution < 1.29 is 14.3 Å². The number of methoxy groups -OCH3 is 1. The van der Waals surface area contributed by atoms with E-state index in [2.05, 4.69) is 22.2 Å². The zero-order chi connectivity index (χ0) is 21.5. The molecule has 0 saturated carbocycles. The number of carbonyl (C=O) groups excluding carboxylic acids is 2. The van der Waals surface area contributed by atoms with E-state index in [0.717, 1.165) is 52.9 Å². The number of hydrogen-bond acceptors (Lipinski definition) is 8. The number of aromatic nitrogens is 2. The van der Waals surface area contributed by atoms with Gasteiger partial charge in [0.2, 0.25) is 5.91 Å². The lowest BCUT2D eigenvalue weighted by atomic mass is 9.88. The number of thioether (sulfide) groups is 1. The Labute approximate surface area is 192 Å². The second kappa shape index (κ2) is 8.52. The Bertz CT molecular complexity index is 1180. The summed E-state index contributed by atoms with van der Waals surface area (Å²) in [4.78, 5) is 37.8. The summed E-state index contributed by atoms with van der Waals surface area (Å²) in [6, 6.07) is 0. The topological polar surface area (TPSA) is 81.2 Å². The Morgan fingerprint density at radius 3 is 2.90 bits per heavy atom. The van der Waals surface area contributed by atoms with Gasteiger partial charge in [0.15, 0.2) is 0 Å². The highest BCUT2D eigenvalue weighted by Gasteiger charge is 2.29. The fraction of sp³-hybridized carbons (Fsp3) is 0.455. The summed E-state index contributed by atoms with van der Waals surface area (Å²) >= 11 is 4.69. The average Bonchev–Trinajstić information content (AvgIpc) is 3.43. The SMILES string of the molecule is COC(=O)c1c(NC(=O)CSc2ncnc3sc4c(c23)CCC4)sc2c1CCC(C)C2. The fourth-order valence-corrected chi connectivity index (χ4v) is 8.00. The van der Waals surface area contributed by atoms with Crippen LogP contribution in [-0.2, 0) is 35.2 Å². The lowest BCUT2D eigenvalue weighted by Gasteiger charge is -2.18. The molecule has 0 aliphatic heterocycles. The van der Waals surface area contributed by atoms with Gasteiger partial charge in [-0.15, -0.1) is 22.7 Å². The minimum atomic E-state index is -0.374. The van der Waals surface area contributed by atoms with Crippen molar-refractivity contribution in [1.29, 1.82) is 0 Å². The molecule has 2 aliphatic carbocycles. The Morgan fingerprint density at radius 1 is 1.19 bits per heavy atom. The van der Waals surface area contributed by atoms with Crippen LogP contribution in [0.25, 0.3) is 10.2 Å². The van der Waals surface area contributed by atoms with Gasteiger partial charge in [-0.1, -0.05) is 18.7 Å². The number of thiophene rings is 2. The highest BCUT2D eigenvalue weighted by molar-refractivity contribution is 8.00. The number of hydrogen-bond donors (Lipinski definition) is 1. The van der Waals surface area contributed by atoms with Crippen molar-refractivity contribution in [3.8, 4) is 0 Å². The highest BCUT2D eigenvalue weighted by Crippen LogP contribution is 2.41. The molecule has 0 aromatic carbocycles. The smallest absolute Gasteiger partial charge is 0.341 e. The van der Waals surface area contributed by atoms with Crippen LogP contribution in [0.3, 0.4) is 0 Å². The molecule has 6 nitrogen and oxygen atoms in total. The predicted molar refractivity (Wildman–Crippen MR) is 126 cm³/mol. The summed E-state index contributed by atoms with van der Waals surface area (Å²) in [6.45, 7) is 2.22. The normalized spacial score (nSPS) is 17.4. The van der Waals surface area contributed by atoms with Gasteiger partial charge >= 0.3 is 5.97 Å². The van der Waals surface area contributed by atoms with Crippen LogP contribution in [0, 0.1) is 5.92 Å². The molecule has 0 bridgehead atoms. The van der Waals surface area contributed by atoms with Gasteiger partial charge in [-0.25, -0.2) is 14.8 Å². The first kappa shape index (κ1) is 20.9. The Balaban J connectivity index is 1.35. The second-order valence-corrected chi connectivity index (χ2v) is 11.3. The first-order valence-electron chi connectivity index (χ1n) is 10.5. The lowest BCUT2D eigenvalue weighted by Crippen LogP contribution is -2.17. The quantitative estimate of drug-likeness (QED) is 0.323. The number of amides is 1. The highest BCUT2D eigenvalue weighted by atomic mass is 32.2. The molecule has 0 radical (unpaired) electrons. The van der Waals surface area contributed by atoms with E-state index in [0.29, 0.717) is 16.5 Å². The van der Waals surface area contributed by atoms with Gasteiger partial charge < -0.3 is 10.1 Å². The van der Waals surface area contributed by atoms with Crippen molar-refractivity contribution in [1.82, 2.24) is 9.97 Å². The van der Waals surface area contributed by atoms with Crippen LogP contribution in [0.2, 0.25) is 0 Å². The molecule has 0 spiro atoms. The molecule has 2 aliphatic rings. The Kier molecular flexibility index (Phi) is 5.75. The van der Waals surface area contributed by atoms with E-state index in [1.807, 2.05) is 0 Å². The van der Waals surface area contributed by atoms with Crippen LogP contribution >= 0.6 is 34.4 Å². The molecular formula is C22H23N3O3S3. The minimum absolute atomic E-state index is 0.138. The van der Waals surface area contributed by atoms with Crippen LogP contribution in [0.4, 0.5) is 5.00 Å². The fourth-order valence-electron chi connectivity index (χ4n) is 4.46. The summed E-state index contributed by atoms with van der Waals surface area (Å²) in [5.41, 5.74) is 2.94. The predicted octanol–water partition coefficient (Wildman–Crippen LogP) is 4.88. The van der Waals surface area contributed by atoms with Crippen LogP contribution in [0.1, 0.15) is 51.0 Å². The molecular weight excluding hydrogens is 450 g/mol. The van der Waals surface area contributed by atoms with Crippen molar-refractivity contribution >= 4 is 61.5 Å². The summed E-state index contributed by atoms with van der Waals surface area (Å²) < 4.78 is 5.02. The van der Waals surface area contributed by atoms with E-state index >= 15 is 0 Å². The number of fused-ring (bicyclic) bond motifs is 4. The number of nitrogens with one attached hydrogen (secondary N) is 1. The average molecular weight is 474 g/mol. The molecule has 1 N–H and O–H groups in total. The summed E-state index contributed by atoms with van der Waals surface area (Å²) in [5.74, 6) is 0.307. The molecule has 9 heteroatoms. The zero-order valence-electron chi connectivity index (χ0n) is 17.4. The molecule has 5 rings (SSSR count). The van der Waals surface area contributed by atoms with E-state index < -0.39 is 0 Å². The van der Waals surface area contributed by atoms with E-state index in [1.54, 1.807) is 17.7 Å². The maximum Gasteiger partial charge on any atom is 0.341 e. The van der Waals surface area contributed by atoms with Crippen LogP contribution in [-0.4, -0.2) is 34.7 Å². The summed E-state index contributed by atoms with van der Waals surface area (Å²) in [5, 5.41) is 5.58. The van der Waals surface area contributed by atoms with Crippen molar-refractivity contribution in [3.05, 3.63) is 32.8 Å². The molecule has 3 aromatic rings. The lowest BCUT2D eigenvalue weighted by molar-refractivity contribution is -0.113. The molecule has 0 fully saturated rings.